The number of piperazine rings is 1. The molecule has 2 fully saturated rings. The first-order chi connectivity index (χ1) is 16.3. The number of halogens is 2. The topological polar surface area (TPSA) is 73.8 Å². The van der Waals surface area contributed by atoms with E-state index in [2.05, 4.69) is 4.98 Å². The molecule has 0 spiro atoms. The summed E-state index contributed by atoms with van der Waals surface area (Å²) in [5, 5.41) is 0.601. The molecule has 0 radical (unpaired) electrons. The third kappa shape index (κ3) is 4.39. The Bertz CT molecular complexity index is 1310. The number of hydrogen-bond donors (Lipinski definition) is 0. The maximum Gasteiger partial charge on any atom is 0.243 e. The highest BCUT2D eigenvalue weighted by Crippen LogP contribution is 2.32. The Labute approximate surface area is 200 Å². The summed E-state index contributed by atoms with van der Waals surface area (Å²) in [7, 11) is -3.63. The lowest BCUT2D eigenvalue weighted by atomic mass is 9.98. The molecule has 3 aromatic rings. The second-order valence-electron chi connectivity index (χ2n) is 8.56. The van der Waals surface area contributed by atoms with Crippen LogP contribution in [0, 0.1) is 17.6 Å². The van der Waals surface area contributed by atoms with Crippen LogP contribution in [0.1, 0.15) is 12.8 Å². The second kappa shape index (κ2) is 9.20. The van der Waals surface area contributed by atoms with E-state index in [-0.39, 0.29) is 28.8 Å². The monoisotopic (exact) mass is 506 g/mol. The van der Waals surface area contributed by atoms with Gasteiger partial charge in [-0.15, -0.1) is 0 Å². The largest absolute Gasteiger partial charge is 0.345 e. The first-order valence-corrected chi connectivity index (χ1v) is 13.4. The third-order valence-electron chi connectivity index (χ3n) is 6.38. The molecule has 7 nitrogen and oxygen atoms in total. The summed E-state index contributed by atoms with van der Waals surface area (Å²) in [4.78, 5) is 21.5. The van der Waals surface area contributed by atoms with Gasteiger partial charge in [0.1, 0.15) is 11.3 Å². The zero-order chi connectivity index (χ0) is 23.9. The van der Waals surface area contributed by atoms with Gasteiger partial charge in [-0.05, 0) is 31.0 Å². The fourth-order valence-electron chi connectivity index (χ4n) is 4.56. The highest BCUT2D eigenvalue weighted by molar-refractivity contribution is 7.89. The molecule has 2 aliphatic rings. The Hall–Kier alpha value is -2.63. The van der Waals surface area contributed by atoms with Crippen molar-refractivity contribution in [2.45, 2.75) is 17.7 Å². The Morgan fingerprint density at radius 2 is 1.76 bits per heavy atom. The van der Waals surface area contributed by atoms with Gasteiger partial charge >= 0.3 is 0 Å². The minimum absolute atomic E-state index is 0.0370. The van der Waals surface area contributed by atoms with Crippen LogP contribution in [0.3, 0.4) is 0 Å². The van der Waals surface area contributed by atoms with Crippen LogP contribution >= 0.6 is 11.3 Å². The number of aromatic nitrogens is 1. The van der Waals surface area contributed by atoms with E-state index in [0.717, 1.165) is 6.07 Å². The molecule has 0 N–H and O–H groups in total. The standard InChI is InChI=1S/C23H24F2N4O3S2/c24-17-13-19(25)21-20(14-17)33-23(26-21)28-11-9-27(10-12-28)22(30)16-5-4-8-29(15-16)34(31,32)18-6-2-1-3-7-18/h1-3,6-7,13-14,16H,4-5,8-12,15H2. The molecule has 2 aliphatic heterocycles. The number of nitrogens with zero attached hydrogens (tertiary/aromatic N) is 4. The predicted octanol–water partition coefficient (Wildman–Crippen LogP) is 3.32. The van der Waals surface area contributed by atoms with E-state index in [4.69, 9.17) is 0 Å². The minimum atomic E-state index is -3.63. The zero-order valence-corrected chi connectivity index (χ0v) is 20.0. The van der Waals surface area contributed by atoms with Gasteiger partial charge in [-0.3, -0.25) is 4.79 Å². The number of thiazole rings is 1. The predicted molar refractivity (Wildman–Crippen MR) is 126 cm³/mol. The maximum atomic E-state index is 14.0. The number of carbonyl (C=O) groups excluding carboxylic acids is 1. The Balaban J connectivity index is 1.23. The third-order valence-corrected chi connectivity index (χ3v) is 9.32. The molecular formula is C23H24F2N4O3S2. The van der Waals surface area contributed by atoms with E-state index >= 15 is 0 Å². The van der Waals surface area contributed by atoms with Crippen LogP contribution in [0.4, 0.5) is 13.9 Å². The van der Waals surface area contributed by atoms with Crippen molar-refractivity contribution >= 4 is 42.6 Å². The number of rotatable bonds is 4. The number of anilines is 1. The molecule has 1 unspecified atom stereocenters. The van der Waals surface area contributed by atoms with Crippen molar-refractivity contribution in [2.75, 3.05) is 44.2 Å². The van der Waals surface area contributed by atoms with E-state index in [1.807, 2.05) is 4.90 Å². The molecule has 0 bridgehead atoms. The number of fused-ring (bicyclic) bond motifs is 1. The van der Waals surface area contributed by atoms with Gasteiger partial charge in [0.25, 0.3) is 0 Å². The molecular weight excluding hydrogens is 482 g/mol. The van der Waals surface area contributed by atoms with Gasteiger partial charge in [-0.2, -0.15) is 4.31 Å². The smallest absolute Gasteiger partial charge is 0.243 e. The SMILES string of the molecule is O=C(C1CCCN(S(=O)(=O)c2ccccc2)C1)N1CCN(c2nc3c(F)cc(F)cc3s2)CC1. The highest BCUT2D eigenvalue weighted by atomic mass is 32.2. The molecule has 34 heavy (non-hydrogen) atoms. The van der Waals surface area contributed by atoms with E-state index in [1.165, 1.54) is 21.7 Å². The van der Waals surface area contributed by atoms with E-state index < -0.39 is 21.7 Å². The summed E-state index contributed by atoms with van der Waals surface area (Å²) in [6.07, 6.45) is 1.29. The molecule has 180 valence electrons. The molecule has 1 atom stereocenters. The first kappa shape index (κ1) is 23.1. The van der Waals surface area contributed by atoms with Crippen molar-refractivity contribution in [3.05, 3.63) is 54.1 Å². The van der Waals surface area contributed by atoms with Crippen LogP contribution in [-0.2, 0) is 14.8 Å². The van der Waals surface area contributed by atoms with Gasteiger partial charge in [-0.25, -0.2) is 22.2 Å². The maximum absolute atomic E-state index is 14.0. The van der Waals surface area contributed by atoms with Crippen molar-refractivity contribution in [1.82, 2.24) is 14.2 Å². The normalized spacial score (nSPS) is 20.1. The van der Waals surface area contributed by atoms with Crippen LogP contribution in [-0.4, -0.2) is 67.8 Å². The van der Waals surface area contributed by atoms with Crippen molar-refractivity contribution in [1.29, 1.82) is 0 Å². The summed E-state index contributed by atoms with van der Waals surface area (Å²) in [6, 6.07) is 10.4. The average molecular weight is 507 g/mol. The number of carbonyl (C=O) groups is 1. The summed E-state index contributed by atoms with van der Waals surface area (Å²) in [5.41, 5.74) is 0.154. The molecule has 2 aromatic carbocycles. The Kier molecular flexibility index (Phi) is 6.26. The minimum Gasteiger partial charge on any atom is -0.345 e. The van der Waals surface area contributed by atoms with Crippen LogP contribution in [0.25, 0.3) is 10.2 Å². The molecule has 2 saturated heterocycles. The molecule has 5 rings (SSSR count). The average Bonchev–Trinajstić information content (AvgIpc) is 3.29. The molecule has 1 amide bonds. The summed E-state index contributed by atoms with van der Waals surface area (Å²) in [5.74, 6) is -1.73. The fourth-order valence-corrected chi connectivity index (χ4v) is 7.16. The number of amides is 1. The second-order valence-corrected chi connectivity index (χ2v) is 11.5. The van der Waals surface area contributed by atoms with Gasteiger partial charge in [0.05, 0.1) is 15.5 Å². The quantitative estimate of drug-likeness (QED) is 0.543. The van der Waals surface area contributed by atoms with Crippen molar-refractivity contribution < 1.29 is 22.0 Å². The van der Waals surface area contributed by atoms with Gasteiger partial charge in [0, 0.05) is 45.3 Å². The number of sulfonamides is 1. The number of benzene rings is 2. The lowest BCUT2D eigenvalue weighted by Gasteiger charge is -2.38. The summed E-state index contributed by atoms with van der Waals surface area (Å²) in [6.45, 7) is 2.56. The fraction of sp³-hybridized carbons (Fsp3) is 0.391. The van der Waals surface area contributed by atoms with Gasteiger partial charge in [-0.1, -0.05) is 29.5 Å². The Morgan fingerprint density at radius 3 is 2.50 bits per heavy atom. The van der Waals surface area contributed by atoms with Gasteiger partial charge < -0.3 is 9.80 Å². The zero-order valence-electron chi connectivity index (χ0n) is 18.4. The molecule has 0 aliphatic carbocycles. The molecule has 11 heteroatoms. The lowest BCUT2D eigenvalue weighted by molar-refractivity contribution is -0.137. The molecule has 1 aromatic heterocycles. The van der Waals surface area contributed by atoms with E-state index in [0.29, 0.717) is 55.4 Å². The van der Waals surface area contributed by atoms with E-state index in [9.17, 15) is 22.0 Å². The van der Waals surface area contributed by atoms with Crippen LogP contribution in [0.15, 0.2) is 47.4 Å². The van der Waals surface area contributed by atoms with Crippen LogP contribution in [0.2, 0.25) is 0 Å². The van der Waals surface area contributed by atoms with Crippen molar-refractivity contribution in [3.8, 4) is 0 Å². The Morgan fingerprint density at radius 1 is 1.03 bits per heavy atom. The van der Waals surface area contributed by atoms with E-state index in [1.54, 1.807) is 35.2 Å². The van der Waals surface area contributed by atoms with Crippen LogP contribution < -0.4 is 4.90 Å². The molecule has 0 saturated carbocycles. The first-order valence-electron chi connectivity index (χ1n) is 11.2. The van der Waals surface area contributed by atoms with Crippen molar-refractivity contribution in [3.63, 3.8) is 0 Å². The summed E-state index contributed by atoms with van der Waals surface area (Å²) >= 11 is 1.23. The van der Waals surface area contributed by atoms with Crippen molar-refractivity contribution in [2.24, 2.45) is 5.92 Å². The number of piperidine rings is 1. The number of hydrogen-bond acceptors (Lipinski definition) is 6. The van der Waals surface area contributed by atoms with Crippen LogP contribution in [0.5, 0.6) is 0 Å². The summed E-state index contributed by atoms with van der Waals surface area (Å²) < 4.78 is 55.4. The lowest BCUT2D eigenvalue weighted by Crippen LogP contribution is -2.53. The highest BCUT2D eigenvalue weighted by Gasteiger charge is 2.36. The van der Waals surface area contributed by atoms with Gasteiger partial charge in [0.15, 0.2) is 10.9 Å². The molecule has 3 heterocycles. The van der Waals surface area contributed by atoms with Gasteiger partial charge in [0.2, 0.25) is 15.9 Å².